The highest BCUT2D eigenvalue weighted by Gasteiger charge is 2.14. The molecule has 0 aliphatic rings. The third-order valence-corrected chi connectivity index (χ3v) is 4.31. The van der Waals surface area contributed by atoms with Crippen molar-refractivity contribution in [1.29, 1.82) is 0 Å². The fourth-order valence-corrected chi connectivity index (χ4v) is 2.58. The minimum absolute atomic E-state index is 0.0577. The molecule has 0 spiro atoms. The van der Waals surface area contributed by atoms with Gasteiger partial charge in [0.2, 0.25) is 0 Å². The largest absolute Gasteiger partial charge is 0.271 e. The fraction of sp³-hybridized carbons (Fsp3) is 0.238. The second-order valence-electron chi connectivity index (χ2n) is 7.35. The van der Waals surface area contributed by atoms with Gasteiger partial charge in [0, 0.05) is 5.56 Å². The molecular formula is C21H23N5O. The van der Waals surface area contributed by atoms with Crippen LogP contribution in [0.25, 0.3) is 5.69 Å². The summed E-state index contributed by atoms with van der Waals surface area (Å²) in [5.74, 6) is -0.228. The van der Waals surface area contributed by atoms with Gasteiger partial charge < -0.3 is 0 Å². The maximum atomic E-state index is 12.3. The Morgan fingerprint density at radius 2 is 1.63 bits per heavy atom. The van der Waals surface area contributed by atoms with Crippen LogP contribution in [0.4, 0.5) is 0 Å². The highest BCUT2D eigenvalue weighted by Crippen LogP contribution is 2.22. The Labute approximate surface area is 159 Å². The lowest BCUT2D eigenvalue weighted by Gasteiger charge is -2.18. The second kappa shape index (κ2) is 7.53. The van der Waals surface area contributed by atoms with Crippen LogP contribution in [0.1, 0.15) is 49.2 Å². The SMILES string of the molecule is C/C(=N\NC(=O)c1ccc(C(C)(C)C)cc1)c1ccc(-n2cncn2)cc1. The van der Waals surface area contributed by atoms with E-state index in [1.807, 2.05) is 55.5 Å². The number of hydrogen-bond acceptors (Lipinski definition) is 4. The standard InChI is InChI=1S/C21H23N5O/c1-15(16-7-11-19(12-8-16)26-14-22-13-23-26)24-25-20(27)17-5-9-18(10-6-17)21(2,3)4/h5-14H,1-4H3,(H,25,27)/b24-15+. The van der Waals surface area contributed by atoms with Crippen molar-refractivity contribution < 1.29 is 4.79 Å². The summed E-state index contributed by atoms with van der Waals surface area (Å²) in [6, 6.07) is 15.3. The Morgan fingerprint density at radius 1 is 1.00 bits per heavy atom. The van der Waals surface area contributed by atoms with Crippen LogP contribution in [0, 0.1) is 0 Å². The molecule has 0 aliphatic heterocycles. The van der Waals surface area contributed by atoms with Crippen LogP contribution in [0.3, 0.4) is 0 Å². The smallest absolute Gasteiger partial charge is 0.267 e. The first kappa shape index (κ1) is 18.5. The Morgan fingerprint density at radius 3 is 2.19 bits per heavy atom. The number of hydrogen-bond donors (Lipinski definition) is 1. The minimum Gasteiger partial charge on any atom is -0.267 e. The van der Waals surface area contributed by atoms with Crippen molar-refractivity contribution in [3.8, 4) is 5.69 Å². The van der Waals surface area contributed by atoms with E-state index in [4.69, 9.17) is 0 Å². The van der Waals surface area contributed by atoms with Crippen LogP contribution in [-0.2, 0) is 5.41 Å². The minimum atomic E-state index is -0.228. The van der Waals surface area contributed by atoms with Gasteiger partial charge in [-0.05, 0) is 47.7 Å². The Bertz CT molecular complexity index is 934. The van der Waals surface area contributed by atoms with Crippen molar-refractivity contribution in [2.45, 2.75) is 33.1 Å². The van der Waals surface area contributed by atoms with E-state index < -0.39 is 0 Å². The summed E-state index contributed by atoms with van der Waals surface area (Å²) in [7, 11) is 0. The topological polar surface area (TPSA) is 72.2 Å². The van der Waals surface area contributed by atoms with Crippen molar-refractivity contribution in [2.24, 2.45) is 5.10 Å². The first-order valence-electron chi connectivity index (χ1n) is 8.75. The molecule has 6 nitrogen and oxygen atoms in total. The normalized spacial score (nSPS) is 12.1. The average molecular weight is 361 g/mol. The molecule has 0 radical (unpaired) electrons. The lowest BCUT2D eigenvalue weighted by molar-refractivity contribution is 0.0955. The molecule has 1 N–H and O–H groups in total. The van der Waals surface area contributed by atoms with E-state index >= 15 is 0 Å². The van der Waals surface area contributed by atoms with Gasteiger partial charge in [0.1, 0.15) is 12.7 Å². The lowest BCUT2D eigenvalue weighted by Crippen LogP contribution is -2.20. The fourth-order valence-electron chi connectivity index (χ4n) is 2.58. The zero-order valence-corrected chi connectivity index (χ0v) is 16.0. The molecule has 1 amide bonds. The number of nitrogens with one attached hydrogen (secondary N) is 1. The maximum absolute atomic E-state index is 12.3. The van der Waals surface area contributed by atoms with Crippen LogP contribution in [0.5, 0.6) is 0 Å². The van der Waals surface area contributed by atoms with Gasteiger partial charge in [-0.2, -0.15) is 10.2 Å². The molecule has 2 aromatic carbocycles. The number of amides is 1. The van der Waals surface area contributed by atoms with Gasteiger partial charge in [-0.1, -0.05) is 45.0 Å². The quantitative estimate of drug-likeness (QED) is 0.569. The number of rotatable bonds is 4. The Kier molecular flexibility index (Phi) is 5.16. The molecule has 0 atom stereocenters. The number of nitrogens with zero attached hydrogens (tertiary/aromatic N) is 4. The Hall–Kier alpha value is -3.28. The van der Waals surface area contributed by atoms with E-state index in [0.717, 1.165) is 17.0 Å². The Balaban J connectivity index is 1.67. The molecule has 0 unspecified atom stereocenters. The molecule has 6 heteroatoms. The summed E-state index contributed by atoms with van der Waals surface area (Å²) in [5.41, 5.74) is 7.00. The summed E-state index contributed by atoms with van der Waals surface area (Å²) in [6.45, 7) is 8.28. The van der Waals surface area contributed by atoms with E-state index in [0.29, 0.717) is 5.56 Å². The van der Waals surface area contributed by atoms with E-state index in [1.165, 1.54) is 11.9 Å². The van der Waals surface area contributed by atoms with E-state index in [9.17, 15) is 4.79 Å². The molecule has 0 aliphatic carbocycles. The monoisotopic (exact) mass is 361 g/mol. The first-order chi connectivity index (χ1) is 12.8. The summed E-state index contributed by atoms with van der Waals surface area (Å²) < 4.78 is 1.68. The van der Waals surface area contributed by atoms with E-state index in [1.54, 1.807) is 11.0 Å². The van der Waals surface area contributed by atoms with Crippen molar-refractivity contribution in [3.63, 3.8) is 0 Å². The van der Waals surface area contributed by atoms with Crippen molar-refractivity contribution in [3.05, 3.63) is 77.9 Å². The number of carbonyl (C=O) groups is 1. The van der Waals surface area contributed by atoms with Crippen molar-refractivity contribution in [1.82, 2.24) is 20.2 Å². The van der Waals surface area contributed by atoms with Crippen molar-refractivity contribution >= 4 is 11.6 Å². The van der Waals surface area contributed by atoms with Crippen LogP contribution >= 0.6 is 0 Å². The van der Waals surface area contributed by atoms with Gasteiger partial charge in [-0.15, -0.1) is 0 Å². The van der Waals surface area contributed by atoms with Gasteiger partial charge in [0.15, 0.2) is 0 Å². The molecule has 1 aromatic heterocycles. The van der Waals surface area contributed by atoms with E-state index in [2.05, 4.69) is 41.4 Å². The van der Waals surface area contributed by atoms with E-state index in [-0.39, 0.29) is 11.3 Å². The molecule has 1 heterocycles. The third kappa shape index (κ3) is 4.47. The molecular weight excluding hydrogens is 338 g/mol. The maximum Gasteiger partial charge on any atom is 0.271 e. The predicted octanol–water partition coefficient (Wildman–Crippen LogP) is 3.72. The summed E-state index contributed by atoms with van der Waals surface area (Å²) in [5, 5.41) is 8.31. The second-order valence-corrected chi connectivity index (χ2v) is 7.35. The molecule has 3 aromatic rings. The predicted molar refractivity (Wildman–Crippen MR) is 106 cm³/mol. The molecule has 0 saturated carbocycles. The molecule has 3 rings (SSSR count). The van der Waals surface area contributed by atoms with Crippen LogP contribution in [0.15, 0.2) is 66.3 Å². The summed E-state index contributed by atoms with van der Waals surface area (Å²) in [4.78, 5) is 16.2. The average Bonchev–Trinajstić information content (AvgIpc) is 3.20. The molecule has 0 bridgehead atoms. The van der Waals surface area contributed by atoms with Gasteiger partial charge in [0.25, 0.3) is 5.91 Å². The van der Waals surface area contributed by atoms with Gasteiger partial charge >= 0.3 is 0 Å². The molecule has 0 fully saturated rings. The number of aromatic nitrogens is 3. The summed E-state index contributed by atoms with van der Waals surface area (Å²) in [6.07, 6.45) is 3.13. The van der Waals surface area contributed by atoms with Gasteiger partial charge in [-0.25, -0.2) is 15.1 Å². The van der Waals surface area contributed by atoms with Crippen molar-refractivity contribution in [2.75, 3.05) is 0 Å². The zero-order valence-electron chi connectivity index (χ0n) is 16.0. The van der Waals surface area contributed by atoms with Gasteiger partial charge in [-0.3, -0.25) is 4.79 Å². The molecule has 0 saturated heterocycles. The third-order valence-electron chi connectivity index (χ3n) is 4.31. The molecule has 138 valence electrons. The summed E-state index contributed by atoms with van der Waals surface area (Å²) >= 11 is 0. The highest BCUT2D eigenvalue weighted by atomic mass is 16.2. The van der Waals surface area contributed by atoms with Gasteiger partial charge in [0.05, 0.1) is 11.4 Å². The number of benzene rings is 2. The van der Waals surface area contributed by atoms with Crippen LogP contribution in [0.2, 0.25) is 0 Å². The first-order valence-corrected chi connectivity index (χ1v) is 8.75. The number of hydrazone groups is 1. The lowest BCUT2D eigenvalue weighted by atomic mass is 9.87. The molecule has 27 heavy (non-hydrogen) atoms. The zero-order chi connectivity index (χ0) is 19.4. The van der Waals surface area contributed by atoms with Crippen LogP contribution in [-0.4, -0.2) is 26.4 Å². The number of carbonyl (C=O) groups excluding carboxylic acids is 1. The highest BCUT2D eigenvalue weighted by molar-refractivity contribution is 6.00. The van der Waals surface area contributed by atoms with Crippen LogP contribution < -0.4 is 5.43 Å².